The fourth-order valence-corrected chi connectivity index (χ4v) is 4.26. The molecule has 0 aliphatic carbocycles. The summed E-state index contributed by atoms with van der Waals surface area (Å²) < 4.78 is 1.70. The van der Waals surface area contributed by atoms with Crippen LogP contribution in [0.5, 0.6) is 0 Å². The van der Waals surface area contributed by atoms with Gasteiger partial charge in [0.1, 0.15) is 0 Å². The van der Waals surface area contributed by atoms with Crippen LogP contribution >= 0.6 is 11.8 Å². The van der Waals surface area contributed by atoms with Gasteiger partial charge in [-0.2, -0.15) is 5.10 Å². The molecule has 2 saturated heterocycles. The van der Waals surface area contributed by atoms with Crippen LogP contribution in [-0.2, 0) is 9.59 Å². The standard InChI is InChI=1S/C21H18N6O3S/c1-25-8-9-26(19(28)12-25)15-5-2-13(3-6-15)16-11-22-18-7-4-14(24-27(16)18)10-17-20(29)23-21(30)31-17/h2-7,10-11H,8-9,12H2,1H3,(H,23,29,30). The molecular weight excluding hydrogens is 416 g/mol. The fraction of sp³-hybridized carbons (Fsp3) is 0.190. The fourth-order valence-electron chi connectivity index (χ4n) is 3.59. The summed E-state index contributed by atoms with van der Waals surface area (Å²) >= 11 is 0.853. The van der Waals surface area contributed by atoms with Crippen molar-refractivity contribution < 1.29 is 14.4 Å². The SMILES string of the molecule is CN1CCN(c2ccc(-c3cnc4ccc(C=C5SC(=O)NC5=O)nn34)cc2)C(=O)C1. The van der Waals surface area contributed by atoms with Crippen molar-refractivity contribution in [3.8, 4) is 11.3 Å². The molecule has 4 heterocycles. The Labute approximate surface area is 181 Å². The summed E-state index contributed by atoms with van der Waals surface area (Å²) in [7, 11) is 1.94. The van der Waals surface area contributed by atoms with Crippen molar-refractivity contribution >= 4 is 46.2 Å². The number of rotatable bonds is 3. The Morgan fingerprint density at radius 2 is 1.87 bits per heavy atom. The topological polar surface area (TPSA) is 99.9 Å². The first-order chi connectivity index (χ1) is 15.0. The van der Waals surface area contributed by atoms with Crippen LogP contribution in [0.2, 0.25) is 0 Å². The van der Waals surface area contributed by atoms with Crippen molar-refractivity contribution in [3.05, 3.63) is 53.2 Å². The Balaban J connectivity index is 1.45. The van der Waals surface area contributed by atoms with Gasteiger partial charge in [0.25, 0.3) is 11.1 Å². The average molecular weight is 434 g/mol. The normalized spacial score (nSPS) is 18.9. The van der Waals surface area contributed by atoms with Gasteiger partial charge in [0, 0.05) is 24.3 Å². The quantitative estimate of drug-likeness (QED) is 0.630. The van der Waals surface area contributed by atoms with Gasteiger partial charge >= 0.3 is 0 Å². The molecule has 3 aromatic rings. The molecule has 2 aromatic heterocycles. The highest BCUT2D eigenvalue weighted by Crippen LogP contribution is 2.27. The molecular formula is C21H18N6O3S. The molecule has 31 heavy (non-hydrogen) atoms. The molecule has 0 atom stereocenters. The molecule has 9 nitrogen and oxygen atoms in total. The van der Waals surface area contributed by atoms with Crippen molar-refractivity contribution in [2.75, 3.05) is 31.6 Å². The van der Waals surface area contributed by atoms with Crippen molar-refractivity contribution in [1.29, 1.82) is 0 Å². The number of carbonyl (C=O) groups is 3. The Hall–Kier alpha value is -3.50. The summed E-state index contributed by atoms with van der Waals surface area (Å²) in [5.74, 6) is -0.334. The van der Waals surface area contributed by atoms with E-state index >= 15 is 0 Å². The smallest absolute Gasteiger partial charge is 0.290 e. The van der Waals surface area contributed by atoms with Crippen LogP contribution in [0.15, 0.2) is 47.5 Å². The summed E-state index contributed by atoms with van der Waals surface area (Å²) in [6, 6.07) is 11.3. The summed E-state index contributed by atoms with van der Waals surface area (Å²) in [6.45, 7) is 1.92. The van der Waals surface area contributed by atoms with E-state index < -0.39 is 5.91 Å². The zero-order chi connectivity index (χ0) is 21.5. The van der Waals surface area contributed by atoms with Crippen LogP contribution in [0, 0.1) is 0 Å². The number of hydrogen-bond donors (Lipinski definition) is 1. The second-order valence-corrected chi connectivity index (χ2v) is 8.37. The number of piperazine rings is 1. The number of nitrogens with one attached hydrogen (secondary N) is 1. The molecule has 0 unspecified atom stereocenters. The van der Waals surface area contributed by atoms with Gasteiger partial charge in [-0.25, -0.2) is 9.50 Å². The lowest BCUT2D eigenvalue weighted by atomic mass is 10.1. The molecule has 0 bridgehead atoms. The zero-order valence-electron chi connectivity index (χ0n) is 16.6. The van der Waals surface area contributed by atoms with Gasteiger partial charge in [0.2, 0.25) is 5.91 Å². The average Bonchev–Trinajstić information content (AvgIpc) is 3.30. The third kappa shape index (κ3) is 3.71. The minimum absolute atomic E-state index is 0.0861. The first kappa shape index (κ1) is 19.5. The summed E-state index contributed by atoms with van der Waals surface area (Å²) in [4.78, 5) is 44.0. The minimum Gasteiger partial charge on any atom is -0.310 e. The Morgan fingerprint density at radius 1 is 1.06 bits per heavy atom. The van der Waals surface area contributed by atoms with Crippen molar-refractivity contribution in [1.82, 2.24) is 24.8 Å². The summed E-state index contributed by atoms with van der Waals surface area (Å²) in [5, 5.41) is 6.41. The number of imide groups is 1. The third-order valence-corrected chi connectivity index (χ3v) is 6.00. The summed E-state index contributed by atoms with van der Waals surface area (Å²) in [5.41, 5.74) is 3.75. The van der Waals surface area contributed by atoms with E-state index in [1.54, 1.807) is 33.8 Å². The van der Waals surface area contributed by atoms with Gasteiger partial charge in [-0.3, -0.25) is 24.6 Å². The van der Waals surface area contributed by atoms with Crippen LogP contribution in [0.25, 0.3) is 23.0 Å². The Morgan fingerprint density at radius 3 is 2.58 bits per heavy atom. The number of anilines is 1. The van der Waals surface area contributed by atoms with Gasteiger partial charge in [-0.05, 0) is 49.2 Å². The molecule has 2 aliphatic heterocycles. The number of likely N-dealkylation sites (N-methyl/N-ethyl adjacent to an activating group) is 1. The van der Waals surface area contributed by atoms with E-state index in [1.807, 2.05) is 36.2 Å². The number of carbonyl (C=O) groups excluding carboxylic acids is 3. The predicted octanol–water partition coefficient (Wildman–Crippen LogP) is 2.00. The molecule has 10 heteroatoms. The molecule has 156 valence electrons. The van der Waals surface area contributed by atoms with Crippen molar-refractivity contribution in [2.45, 2.75) is 0 Å². The number of thioether (sulfide) groups is 1. The predicted molar refractivity (Wildman–Crippen MR) is 117 cm³/mol. The van der Waals surface area contributed by atoms with E-state index in [-0.39, 0.29) is 11.1 Å². The van der Waals surface area contributed by atoms with E-state index in [1.165, 1.54) is 0 Å². The minimum atomic E-state index is -0.420. The zero-order valence-corrected chi connectivity index (χ0v) is 17.4. The van der Waals surface area contributed by atoms with Crippen LogP contribution in [0.4, 0.5) is 10.5 Å². The number of fused-ring (bicyclic) bond motifs is 1. The number of hydrogen-bond acceptors (Lipinski definition) is 7. The molecule has 0 radical (unpaired) electrons. The van der Waals surface area contributed by atoms with Gasteiger partial charge in [0.05, 0.1) is 29.0 Å². The Kier molecular flexibility index (Phi) is 4.79. The van der Waals surface area contributed by atoms with Crippen LogP contribution in [0.3, 0.4) is 0 Å². The van der Waals surface area contributed by atoms with E-state index in [0.29, 0.717) is 29.3 Å². The number of benzene rings is 1. The van der Waals surface area contributed by atoms with Gasteiger partial charge < -0.3 is 4.90 Å². The largest absolute Gasteiger partial charge is 0.310 e. The molecule has 2 fully saturated rings. The highest BCUT2D eigenvalue weighted by atomic mass is 32.2. The van der Waals surface area contributed by atoms with Gasteiger partial charge in [-0.15, -0.1) is 0 Å². The van der Waals surface area contributed by atoms with E-state index in [9.17, 15) is 14.4 Å². The maximum absolute atomic E-state index is 12.3. The molecule has 2 aliphatic rings. The first-order valence-corrected chi connectivity index (χ1v) is 10.5. The maximum Gasteiger partial charge on any atom is 0.290 e. The van der Waals surface area contributed by atoms with Crippen molar-refractivity contribution in [2.24, 2.45) is 0 Å². The highest BCUT2D eigenvalue weighted by Gasteiger charge is 2.25. The second kappa shape index (κ2) is 7.64. The maximum atomic E-state index is 12.3. The molecule has 1 aromatic carbocycles. The number of nitrogens with zero attached hydrogens (tertiary/aromatic N) is 5. The molecule has 3 amide bonds. The Bertz CT molecular complexity index is 1250. The van der Waals surface area contributed by atoms with Gasteiger partial charge in [0.15, 0.2) is 5.65 Å². The van der Waals surface area contributed by atoms with E-state index in [4.69, 9.17) is 0 Å². The lowest BCUT2D eigenvalue weighted by Crippen LogP contribution is -2.48. The number of imidazole rings is 1. The van der Waals surface area contributed by atoms with Crippen LogP contribution in [0.1, 0.15) is 5.69 Å². The second-order valence-electron chi connectivity index (χ2n) is 7.35. The lowest BCUT2D eigenvalue weighted by molar-refractivity contribution is -0.120. The third-order valence-electron chi connectivity index (χ3n) is 5.19. The lowest BCUT2D eigenvalue weighted by Gasteiger charge is -2.32. The first-order valence-electron chi connectivity index (χ1n) is 9.67. The van der Waals surface area contributed by atoms with Gasteiger partial charge in [-0.1, -0.05) is 12.1 Å². The van der Waals surface area contributed by atoms with E-state index in [0.717, 1.165) is 35.3 Å². The molecule has 0 saturated carbocycles. The van der Waals surface area contributed by atoms with Crippen LogP contribution < -0.4 is 10.2 Å². The number of aromatic nitrogens is 3. The molecule has 0 spiro atoms. The van der Waals surface area contributed by atoms with Crippen LogP contribution in [-0.4, -0.2) is 63.2 Å². The monoisotopic (exact) mass is 434 g/mol. The highest BCUT2D eigenvalue weighted by molar-refractivity contribution is 8.18. The van der Waals surface area contributed by atoms with E-state index in [2.05, 4.69) is 15.4 Å². The van der Waals surface area contributed by atoms with Crippen molar-refractivity contribution in [3.63, 3.8) is 0 Å². The molecule has 5 rings (SSSR count). The molecule has 1 N–H and O–H groups in total. The summed E-state index contributed by atoms with van der Waals surface area (Å²) in [6.07, 6.45) is 3.31. The number of amides is 3.